The van der Waals surface area contributed by atoms with Crippen LogP contribution >= 0.6 is 0 Å². The van der Waals surface area contributed by atoms with Crippen molar-refractivity contribution >= 4 is 28.8 Å². The number of carbonyl (C=O) groups excluding carboxylic acids is 2. The number of anilines is 2. The smallest absolute Gasteiger partial charge is 0.280 e. The summed E-state index contributed by atoms with van der Waals surface area (Å²) in [6.45, 7) is 0. The Morgan fingerprint density at radius 1 is 0.946 bits per heavy atom. The summed E-state index contributed by atoms with van der Waals surface area (Å²) in [6, 6.07) is 14.3. The van der Waals surface area contributed by atoms with Gasteiger partial charge in [-0.2, -0.15) is 10.2 Å². The summed E-state index contributed by atoms with van der Waals surface area (Å²) in [4.78, 5) is 29.8. The summed E-state index contributed by atoms with van der Waals surface area (Å²) in [7, 11) is 1.69. The van der Waals surface area contributed by atoms with E-state index in [-0.39, 0.29) is 22.6 Å². The maximum atomic E-state index is 13.8. The number of aryl methyl sites for hydroxylation is 1. The van der Waals surface area contributed by atoms with Gasteiger partial charge in [0.2, 0.25) is 0 Å². The molecule has 5 aromatic rings. The zero-order chi connectivity index (χ0) is 26.1. The first kappa shape index (κ1) is 23.7. The minimum Gasteiger partial charge on any atom is -0.322 e. The van der Waals surface area contributed by atoms with E-state index in [1.807, 2.05) is 0 Å². The van der Waals surface area contributed by atoms with Crippen LogP contribution in [0.2, 0.25) is 0 Å². The fourth-order valence-electron chi connectivity index (χ4n) is 3.67. The molecule has 3 aromatic heterocycles. The number of fused-ring (bicyclic) bond motifs is 1. The van der Waals surface area contributed by atoms with E-state index in [4.69, 9.17) is 0 Å². The van der Waals surface area contributed by atoms with E-state index < -0.39 is 29.8 Å². The van der Waals surface area contributed by atoms with Gasteiger partial charge in [-0.3, -0.25) is 14.3 Å². The van der Waals surface area contributed by atoms with E-state index in [1.165, 1.54) is 35.0 Å². The van der Waals surface area contributed by atoms with Crippen LogP contribution in [-0.4, -0.2) is 36.2 Å². The summed E-state index contributed by atoms with van der Waals surface area (Å²) in [5.74, 6) is -1.56. The number of carbonyl (C=O) groups is 2. The maximum Gasteiger partial charge on any atom is 0.280 e. The second kappa shape index (κ2) is 9.57. The van der Waals surface area contributed by atoms with Crippen molar-refractivity contribution in [3.63, 3.8) is 0 Å². The lowest BCUT2D eigenvalue weighted by molar-refractivity contribution is 0.101. The highest BCUT2D eigenvalue weighted by molar-refractivity contribution is 6.09. The summed E-state index contributed by atoms with van der Waals surface area (Å²) >= 11 is 0. The number of alkyl halides is 2. The first-order chi connectivity index (χ1) is 17.8. The Kier molecular flexibility index (Phi) is 6.14. The topological polar surface area (TPSA) is 106 Å². The highest BCUT2D eigenvalue weighted by Crippen LogP contribution is 2.27. The molecule has 0 aliphatic heterocycles. The van der Waals surface area contributed by atoms with Crippen molar-refractivity contribution in [3.05, 3.63) is 95.8 Å². The Bertz CT molecular complexity index is 1630. The lowest BCUT2D eigenvalue weighted by Gasteiger charge is -2.10. The molecular formula is C25H18F3N7O2. The highest BCUT2D eigenvalue weighted by atomic mass is 19.3. The van der Waals surface area contributed by atoms with Gasteiger partial charge in [0.1, 0.15) is 17.1 Å². The molecule has 2 amide bonds. The molecular weight excluding hydrogens is 487 g/mol. The molecule has 37 heavy (non-hydrogen) atoms. The summed E-state index contributed by atoms with van der Waals surface area (Å²) in [6.07, 6.45) is -0.124. The number of hydrogen-bond donors (Lipinski definition) is 2. The highest BCUT2D eigenvalue weighted by Gasteiger charge is 2.22. The average molecular weight is 505 g/mol. The van der Waals surface area contributed by atoms with Gasteiger partial charge in [0, 0.05) is 30.2 Å². The molecule has 0 bridgehead atoms. The molecule has 0 aliphatic rings. The predicted octanol–water partition coefficient (Wildman–Crippen LogP) is 4.71. The number of nitrogens with one attached hydrogen (secondary N) is 2. The van der Waals surface area contributed by atoms with Gasteiger partial charge >= 0.3 is 0 Å². The third-order valence-corrected chi connectivity index (χ3v) is 5.43. The van der Waals surface area contributed by atoms with E-state index in [1.54, 1.807) is 37.5 Å². The average Bonchev–Trinajstić information content (AvgIpc) is 3.50. The molecule has 0 atom stereocenters. The lowest BCUT2D eigenvalue weighted by Crippen LogP contribution is -2.15. The van der Waals surface area contributed by atoms with Crippen molar-refractivity contribution in [1.29, 1.82) is 0 Å². The van der Waals surface area contributed by atoms with Crippen LogP contribution in [-0.2, 0) is 7.05 Å². The van der Waals surface area contributed by atoms with Crippen molar-refractivity contribution in [2.45, 2.75) is 6.43 Å². The number of rotatable bonds is 6. The lowest BCUT2D eigenvalue weighted by atomic mass is 10.1. The molecule has 0 spiro atoms. The number of benzene rings is 2. The SMILES string of the molecule is Cn1ccc(C(=O)Nc2cccc(NC(=O)c3cnn4c(C(F)F)cc(-c5ccc(F)cc5)nc34)c2)n1. The molecule has 5 rings (SSSR count). The van der Waals surface area contributed by atoms with Gasteiger partial charge in [0.05, 0.1) is 11.9 Å². The Labute approximate surface area is 207 Å². The number of amides is 2. The number of aromatic nitrogens is 5. The van der Waals surface area contributed by atoms with Gasteiger partial charge in [-0.1, -0.05) is 6.07 Å². The fourth-order valence-corrected chi connectivity index (χ4v) is 3.67. The Hall–Kier alpha value is -5.00. The van der Waals surface area contributed by atoms with E-state index >= 15 is 0 Å². The quantitative estimate of drug-likeness (QED) is 0.348. The van der Waals surface area contributed by atoms with Crippen LogP contribution in [0.15, 0.2) is 73.1 Å². The minimum atomic E-state index is -2.90. The van der Waals surface area contributed by atoms with Crippen LogP contribution in [0.25, 0.3) is 16.9 Å². The zero-order valence-electron chi connectivity index (χ0n) is 19.2. The molecule has 0 aliphatic carbocycles. The van der Waals surface area contributed by atoms with Gasteiger partial charge in [0.15, 0.2) is 11.3 Å². The van der Waals surface area contributed by atoms with E-state index in [0.29, 0.717) is 16.9 Å². The summed E-state index contributed by atoms with van der Waals surface area (Å²) in [5, 5.41) is 13.3. The molecule has 0 saturated carbocycles. The van der Waals surface area contributed by atoms with E-state index in [9.17, 15) is 22.8 Å². The number of halogens is 3. The monoisotopic (exact) mass is 505 g/mol. The largest absolute Gasteiger partial charge is 0.322 e. The van der Waals surface area contributed by atoms with Crippen LogP contribution in [0, 0.1) is 5.82 Å². The summed E-state index contributed by atoms with van der Waals surface area (Å²) in [5.41, 5.74) is 0.898. The molecule has 186 valence electrons. The molecule has 2 aromatic carbocycles. The van der Waals surface area contributed by atoms with Crippen molar-refractivity contribution in [2.24, 2.45) is 7.05 Å². The standard InChI is InChI=1S/C25H18F3N7O2/c1-34-10-9-19(33-34)25(37)31-17-4-2-3-16(11-17)30-24(36)18-13-29-35-21(22(27)28)12-20(32-23(18)35)14-5-7-15(26)8-6-14/h2-13,22H,1H3,(H,30,36)(H,31,37). The van der Waals surface area contributed by atoms with Crippen LogP contribution < -0.4 is 10.6 Å². The first-order valence-electron chi connectivity index (χ1n) is 10.9. The predicted molar refractivity (Wildman–Crippen MR) is 129 cm³/mol. The number of nitrogens with zero attached hydrogens (tertiary/aromatic N) is 5. The van der Waals surface area contributed by atoms with Crippen molar-refractivity contribution in [3.8, 4) is 11.3 Å². The third-order valence-electron chi connectivity index (χ3n) is 5.43. The fraction of sp³-hybridized carbons (Fsp3) is 0.0800. The van der Waals surface area contributed by atoms with Crippen molar-refractivity contribution in [2.75, 3.05) is 10.6 Å². The zero-order valence-corrected chi connectivity index (χ0v) is 19.2. The van der Waals surface area contributed by atoms with Crippen LogP contribution in [0.3, 0.4) is 0 Å². The second-order valence-electron chi connectivity index (χ2n) is 8.03. The Morgan fingerprint density at radius 2 is 1.65 bits per heavy atom. The van der Waals surface area contributed by atoms with Crippen LogP contribution in [0.4, 0.5) is 24.5 Å². The molecule has 0 fully saturated rings. The van der Waals surface area contributed by atoms with Gasteiger partial charge in [-0.05, 0) is 54.6 Å². The van der Waals surface area contributed by atoms with Crippen molar-refractivity contribution in [1.82, 2.24) is 24.4 Å². The molecule has 0 saturated heterocycles. The van der Waals surface area contributed by atoms with Gasteiger partial charge in [-0.25, -0.2) is 22.7 Å². The Morgan fingerprint density at radius 3 is 2.30 bits per heavy atom. The summed E-state index contributed by atoms with van der Waals surface area (Å²) < 4.78 is 43.3. The minimum absolute atomic E-state index is 0.0474. The van der Waals surface area contributed by atoms with E-state index in [0.717, 1.165) is 16.8 Å². The second-order valence-corrected chi connectivity index (χ2v) is 8.03. The van der Waals surface area contributed by atoms with Crippen molar-refractivity contribution < 1.29 is 22.8 Å². The Balaban J connectivity index is 1.43. The molecule has 9 nitrogen and oxygen atoms in total. The molecule has 0 unspecified atom stereocenters. The van der Waals surface area contributed by atoms with Crippen LogP contribution in [0.5, 0.6) is 0 Å². The number of hydrogen-bond acceptors (Lipinski definition) is 5. The van der Waals surface area contributed by atoms with E-state index in [2.05, 4.69) is 25.8 Å². The third kappa shape index (κ3) is 4.89. The van der Waals surface area contributed by atoms with Crippen LogP contribution in [0.1, 0.15) is 33.0 Å². The first-order valence-corrected chi connectivity index (χ1v) is 10.9. The molecule has 0 radical (unpaired) electrons. The molecule has 2 N–H and O–H groups in total. The molecule has 3 heterocycles. The van der Waals surface area contributed by atoms with Gasteiger partial charge in [-0.15, -0.1) is 0 Å². The van der Waals surface area contributed by atoms with Gasteiger partial charge < -0.3 is 10.6 Å². The normalized spacial score (nSPS) is 11.2. The van der Waals surface area contributed by atoms with Gasteiger partial charge in [0.25, 0.3) is 18.2 Å². The maximum absolute atomic E-state index is 13.8. The molecule has 12 heteroatoms.